The minimum Gasteiger partial charge on any atom is -0.497 e. The second-order valence-corrected chi connectivity index (χ2v) is 8.47. The topological polar surface area (TPSA) is 74.8 Å². The van der Waals surface area contributed by atoms with Crippen LogP contribution in [0.2, 0.25) is 0 Å². The van der Waals surface area contributed by atoms with Gasteiger partial charge in [-0.1, -0.05) is 12.1 Å². The Hall–Kier alpha value is -3.53. The zero-order valence-electron chi connectivity index (χ0n) is 17.1. The van der Waals surface area contributed by atoms with Crippen LogP contribution in [0.25, 0.3) is 16.7 Å². The molecule has 0 unspecified atom stereocenters. The smallest absolute Gasteiger partial charge is 0.215 e. The van der Waals surface area contributed by atoms with Gasteiger partial charge in [-0.2, -0.15) is 5.10 Å². The van der Waals surface area contributed by atoms with Crippen molar-refractivity contribution in [2.24, 2.45) is 0 Å². The Bertz CT molecular complexity index is 1410. The van der Waals surface area contributed by atoms with E-state index < -0.39 is 0 Å². The number of aromatic nitrogens is 5. The fourth-order valence-corrected chi connectivity index (χ4v) is 3.99. The van der Waals surface area contributed by atoms with Crippen LogP contribution in [0.5, 0.6) is 5.75 Å². The molecule has 0 atom stereocenters. The molecule has 0 saturated heterocycles. The van der Waals surface area contributed by atoms with E-state index in [1.165, 1.54) is 9.90 Å². The lowest BCUT2D eigenvalue weighted by Crippen LogP contribution is -2.05. The Labute approximate surface area is 197 Å². The first-order valence-corrected chi connectivity index (χ1v) is 11.0. The highest BCUT2D eigenvalue weighted by Crippen LogP contribution is 2.28. The molecule has 0 saturated carbocycles. The SMILES string of the molecule is COc1ccc2c(c1)c(C(=O)c1ccn(-c3ccncn3)n1)cn2Cc1ccc(I)cc1. The molecule has 7 nitrogen and oxygen atoms in total. The average Bonchev–Trinajstić information content (AvgIpc) is 3.46. The molecule has 2 aromatic carbocycles. The molecule has 8 heteroatoms. The van der Waals surface area contributed by atoms with Crippen LogP contribution in [-0.4, -0.2) is 37.2 Å². The minimum absolute atomic E-state index is 0.155. The van der Waals surface area contributed by atoms with E-state index in [0.29, 0.717) is 29.4 Å². The van der Waals surface area contributed by atoms with Gasteiger partial charge in [-0.15, -0.1) is 0 Å². The summed E-state index contributed by atoms with van der Waals surface area (Å²) in [5, 5.41) is 5.27. The van der Waals surface area contributed by atoms with Gasteiger partial charge < -0.3 is 9.30 Å². The molecule has 0 aliphatic heterocycles. The van der Waals surface area contributed by atoms with E-state index in [4.69, 9.17) is 4.74 Å². The van der Waals surface area contributed by atoms with E-state index in [9.17, 15) is 4.79 Å². The molecule has 0 radical (unpaired) electrons. The number of ether oxygens (including phenoxy) is 1. The lowest BCUT2D eigenvalue weighted by atomic mass is 10.1. The maximum atomic E-state index is 13.5. The molecule has 0 aliphatic rings. The maximum absolute atomic E-state index is 13.5. The van der Waals surface area contributed by atoms with Gasteiger partial charge in [-0.3, -0.25) is 4.79 Å². The molecule has 0 N–H and O–H groups in total. The van der Waals surface area contributed by atoms with Gasteiger partial charge in [0, 0.05) is 51.2 Å². The van der Waals surface area contributed by atoms with Gasteiger partial charge in [0.1, 0.15) is 17.8 Å². The summed E-state index contributed by atoms with van der Waals surface area (Å²) < 4.78 is 10.3. The largest absolute Gasteiger partial charge is 0.497 e. The van der Waals surface area contributed by atoms with Crippen molar-refractivity contribution in [3.63, 3.8) is 0 Å². The summed E-state index contributed by atoms with van der Waals surface area (Å²) in [5.41, 5.74) is 3.05. The van der Waals surface area contributed by atoms with Crippen LogP contribution in [0, 0.1) is 3.57 Å². The molecule has 0 spiro atoms. The molecule has 3 heterocycles. The number of rotatable bonds is 6. The number of methoxy groups -OCH3 is 1. The highest BCUT2D eigenvalue weighted by molar-refractivity contribution is 14.1. The van der Waals surface area contributed by atoms with Crippen molar-refractivity contribution >= 4 is 39.3 Å². The Kier molecular flexibility index (Phi) is 5.44. The van der Waals surface area contributed by atoms with Crippen molar-refractivity contribution < 1.29 is 9.53 Å². The van der Waals surface area contributed by atoms with Gasteiger partial charge >= 0.3 is 0 Å². The van der Waals surface area contributed by atoms with E-state index >= 15 is 0 Å². The number of halogens is 1. The molecule has 0 bridgehead atoms. The van der Waals surface area contributed by atoms with Crippen LogP contribution in [0.1, 0.15) is 21.6 Å². The van der Waals surface area contributed by atoms with E-state index in [-0.39, 0.29) is 5.78 Å². The zero-order chi connectivity index (χ0) is 22.1. The molecule has 5 rings (SSSR count). The average molecular weight is 535 g/mol. The molecule has 5 aromatic rings. The summed E-state index contributed by atoms with van der Waals surface area (Å²) in [6, 6.07) is 17.6. The number of hydrogen-bond donors (Lipinski definition) is 0. The third-order valence-corrected chi connectivity index (χ3v) is 5.94. The monoisotopic (exact) mass is 535 g/mol. The Balaban J connectivity index is 1.56. The lowest BCUT2D eigenvalue weighted by molar-refractivity contribution is 0.103. The van der Waals surface area contributed by atoms with Crippen LogP contribution in [0.3, 0.4) is 0 Å². The second kappa shape index (κ2) is 8.54. The lowest BCUT2D eigenvalue weighted by Gasteiger charge is -2.06. The maximum Gasteiger partial charge on any atom is 0.215 e. The Morgan fingerprint density at radius 1 is 1.09 bits per heavy atom. The number of hydrogen-bond acceptors (Lipinski definition) is 5. The first kappa shape index (κ1) is 20.4. The molecule has 3 aromatic heterocycles. The third kappa shape index (κ3) is 3.89. The standard InChI is InChI=1S/C24H18IN5O2/c1-32-18-6-7-22-19(12-18)20(14-29(22)13-16-2-4-17(25)5-3-16)24(31)21-9-11-30(28-21)23-8-10-26-15-27-23/h2-12,14-15H,13H2,1H3. The summed E-state index contributed by atoms with van der Waals surface area (Å²) in [6.45, 7) is 0.655. The fourth-order valence-electron chi connectivity index (χ4n) is 3.63. The predicted octanol–water partition coefficient (Wildman–Crippen LogP) is 4.51. The summed E-state index contributed by atoms with van der Waals surface area (Å²) >= 11 is 2.29. The summed E-state index contributed by atoms with van der Waals surface area (Å²) in [7, 11) is 1.62. The van der Waals surface area contributed by atoms with Gasteiger partial charge in [0.25, 0.3) is 0 Å². The van der Waals surface area contributed by atoms with Crippen molar-refractivity contribution in [1.82, 2.24) is 24.3 Å². The van der Waals surface area contributed by atoms with E-state index in [0.717, 1.165) is 16.5 Å². The highest BCUT2D eigenvalue weighted by Gasteiger charge is 2.20. The van der Waals surface area contributed by atoms with Crippen molar-refractivity contribution in [3.8, 4) is 11.6 Å². The van der Waals surface area contributed by atoms with Crippen LogP contribution in [0.15, 0.2) is 79.5 Å². The van der Waals surface area contributed by atoms with Gasteiger partial charge in [-0.25, -0.2) is 14.6 Å². The number of benzene rings is 2. The van der Waals surface area contributed by atoms with Crippen LogP contribution in [0.4, 0.5) is 0 Å². The summed E-state index contributed by atoms with van der Waals surface area (Å²) in [4.78, 5) is 21.6. The van der Waals surface area contributed by atoms with Crippen LogP contribution in [-0.2, 0) is 6.54 Å². The molecular weight excluding hydrogens is 517 g/mol. The third-order valence-electron chi connectivity index (χ3n) is 5.22. The van der Waals surface area contributed by atoms with Gasteiger partial charge in [0.05, 0.1) is 7.11 Å². The molecule has 0 aliphatic carbocycles. The number of carbonyl (C=O) groups excluding carboxylic acids is 1. The molecule has 32 heavy (non-hydrogen) atoms. The zero-order valence-corrected chi connectivity index (χ0v) is 19.3. The quantitative estimate of drug-likeness (QED) is 0.236. The highest BCUT2D eigenvalue weighted by atomic mass is 127. The summed E-state index contributed by atoms with van der Waals surface area (Å²) in [5.74, 6) is 1.14. The normalized spacial score (nSPS) is 11.1. The predicted molar refractivity (Wildman–Crippen MR) is 129 cm³/mol. The number of ketones is 1. The van der Waals surface area contributed by atoms with Crippen molar-refractivity contribution in [1.29, 1.82) is 0 Å². The Morgan fingerprint density at radius 3 is 2.69 bits per heavy atom. The molecule has 0 fully saturated rings. The van der Waals surface area contributed by atoms with Gasteiger partial charge in [-0.05, 0) is 64.6 Å². The first-order chi connectivity index (χ1) is 15.6. The van der Waals surface area contributed by atoms with Crippen LogP contribution >= 0.6 is 22.6 Å². The first-order valence-electron chi connectivity index (χ1n) is 9.90. The number of nitrogens with zero attached hydrogens (tertiary/aromatic N) is 5. The van der Waals surface area contributed by atoms with Crippen LogP contribution < -0.4 is 4.74 Å². The van der Waals surface area contributed by atoms with Crippen molar-refractivity contribution in [3.05, 3.63) is 99.9 Å². The molecule has 0 amide bonds. The van der Waals surface area contributed by atoms with Gasteiger partial charge in [0.15, 0.2) is 5.82 Å². The van der Waals surface area contributed by atoms with Crippen molar-refractivity contribution in [2.75, 3.05) is 7.11 Å². The number of carbonyl (C=O) groups is 1. The molecule has 158 valence electrons. The van der Waals surface area contributed by atoms with Crippen molar-refractivity contribution in [2.45, 2.75) is 6.54 Å². The Morgan fingerprint density at radius 2 is 1.94 bits per heavy atom. The number of fused-ring (bicyclic) bond motifs is 1. The fraction of sp³-hybridized carbons (Fsp3) is 0.0833. The van der Waals surface area contributed by atoms with E-state index in [1.54, 1.807) is 36.3 Å². The molecular formula is C24H18IN5O2. The van der Waals surface area contributed by atoms with Gasteiger partial charge in [0.2, 0.25) is 5.78 Å². The van der Waals surface area contributed by atoms with E-state index in [1.807, 2.05) is 24.4 Å². The minimum atomic E-state index is -0.155. The summed E-state index contributed by atoms with van der Waals surface area (Å²) in [6.07, 6.45) is 6.70. The van der Waals surface area contributed by atoms with E-state index in [2.05, 4.69) is 66.5 Å². The second-order valence-electron chi connectivity index (χ2n) is 7.22.